The molecule has 0 radical (unpaired) electrons. The van der Waals surface area contributed by atoms with Crippen molar-refractivity contribution in [2.24, 2.45) is 0 Å². The van der Waals surface area contributed by atoms with E-state index in [0.717, 1.165) is 10.5 Å². The molecule has 23 heavy (non-hydrogen) atoms. The number of aliphatic carboxylic acids is 1. The highest BCUT2D eigenvalue weighted by atomic mass is 16.4. The third kappa shape index (κ3) is 2.61. The number of fused-ring (bicyclic) bond motifs is 1. The summed E-state index contributed by atoms with van der Waals surface area (Å²) in [6.07, 6.45) is -0.325. The van der Waals surface area contributed by atoms with Crippen LogP contribution in [0.4, 0.5) is 0 Å². The van der Waals surface area contributed by atoms with Crippen molar-refractivity contribution < 1.29 is 19.5 Å². The monoisotopic (exact) mass is 309 g/mol. The first-order valence-corrected chi connectivity index (χ1v) is 7.24. The number of rotatable bonds is 4. The van der Waals surface area contributed by atoms with Crippen molar-refractivity contribution in [2.75, 3.05) is 0 Å². The molecular weight excluding hydrogens is 294 g/mol. The maximum absolute atomic E-state index is 12.6. The van der Waals surface area contributed by atoms with Gasteiger partial charge >= 0.3 is 5.97 Å². The lowest BCUT2D eigenvalue weighted by Gasteiger charge is -2.25. The minimum Gasteiger partial charge on any atom is -0.481 e. The highest BCUT2D eigenvalue weighted by Crippen LogP contribution is 2.33. The van der Waals surface area contributed by atoms with E-state index in [-0.39, 0.29) is 6.42 Å². The summed E-state index contributed by atoms with van der Waals surface area (Å²) in [5.74, 6) is -1.96. The van der Waals surface area contributed by atoms with Gasteiger partial charge in [0.15, 0.2) is 0 Å². The Bertz CT molecular complexity index is 760. The second-order valence-corrected chi connectivity index (χ2v) is 5.55. The fraction of sp³-hybridized carbons (Fsp3) is 0.167. The van der Waals surface area contributed by atoms with Gasteiger partial charge in [-0.2, -0.15) is 0 Å². The van der Waals surface area contributed by atoms with Gasteiger partial charge in [0.05, 0.1) is 23.6 Å². The molecule has 1 aliphatic rings. The fourth-order valence-corrected chi connectivity index (χ4v) is 2.80. The normalized spacial score (nSPS) is 14.7. The maximum atomic E-state index is 12.6. The number of carboxylic acid groups (broad SMARTS) is 1. The Kier molecular flexibility index (Phi) is 3.70. The number of amides is 2. The average molecular weight is 309 g/mol. The van der Waals surface area contributed by atoms with Crippen molar-refractivity contribution >= 4 is 17.8 Å². The summed E-state index contributed by atoms with van der Waals surface area (Å²) in [6.45, 7) is 1.91. The molecule has 1 aliphatic heterocycles. The third-order valence-electron chi connectivity index (χ3n) is 3.97. The number of carbonyl (C=O) groups excluding carboxylic acids is 2. The molecule has 0 aliphatic carbocycles. The molecule has 2 aromatic carbocycles. The van der Waals surface area contributed by atoms with Crippen LogP contribution in [0.25, 0.3) is 0 Å². The fourth-order valence-electron chi connectivity index (χ4n) is 2.80. The minimum atomic E-state index is -1.06. The van der Waals surface area contributed by atoms with E-state index in [1.807, 2.05) is 19.1 Å². The second-order valence-electron chi connectivity index (χ2n) is 5.55. The van der Waals surface area contributed by atoms with E-state index in [2.05, 4.69) is 0 Å². The molecule has 2 aromatic rings. The Morgan fingerprint density at radius 2 is 1.52 bits per heavy atom. The van der Waals surface area contributed by atoms with Crippen molar-refractivity contribution in [1.82, 2.24) is 4.90 Å². The summed E-state index contributed by atoms with van der Waals surface area (Å²) in [5, 5.41) is 9.20. The zero-order chi connectivity index (χ0) is 16.6. The number of hydrogen-bond donors (Lipinski definition) is 1. The summed E-state index contributed by atoms with van der Waals surface area (Å²) in [4.78, 5) is 37.5. The predicted octanol–water partition coefficient (Wildman–Crippen LogP) is 2.81. The van der Waals surface area contributed by atoms with Gasteiger partial charge in [-0.3, -0.25) is 19.3 Å². The number of hydrogen-bond acceptors (Lipinski definition) is 3. The van der Waals surface area contributed by atoms with Gasteiger partial charge in [-0.25, -0.2) is 0 Å². The van der Waals surface area contributed by atoms with Gasteiger partial charge in [-0.05, 0) is 24.6 Å². The summed E-state index contributed by atoms with van der Waals surface area (Å²) in [7, 11) is 0. The van der Waals surface area contributed by atoms with Crippen LogP contribution in [0.15, 0.2) is 48.5 Å². The van der Waals surface area contributed by atoms with E-state index < -0.39 is 23.8 Å². The first kappa shape index (κ1) is 15.0. The summed E-state index contributed by atoms with van der Waals surface area (Å²) in [5.41, 5.74) is 2.29. The minimum absolute atomic E-state index is 0.319. The lowest BCUT2D eigenvalue weighted by atomic mass is 10.0. The first-order valence-electron chi connectivity index (χ1n) is 7.24. The number of imide groups is 1. The second kappa shape index (κ2) is 5.68. The SMILES string of the molecule is Cc1ccc([C@@H](CC(=O)O)N2C(=O)c3ccccc3C2=O)cc1. The van der Waals surface area contributed by atoms with Gasteiger partial charge in [0.2, 0.25) is 0 Å². The van der Waals surface area contributed by atoms with Gasteiger partial charge in [-0.1, -0.05) is 42.0 Å². The number of aryl methyl sites for hydroxylation is 1. The van der Waals surface area contributed by atoms with E-state index >= 15 is 0 Å². The molecule has 1 heterocycles. The number of carboxylic acids is 1. The average Bonchev–Trinajstić information content (AvgIpc) is 2.78. The molecule has 116 valence electrons. The molecule has 0 unspecified atom stereocenters. The zero-order valence-electron chi connectivity index (χ0n) is 12.5. The van der Waals surface area contributed by atoms with Crippen LogP contribution >= 0.6 is 0 Å². The Morgan fingerprint density at radius 3 is 2.00 bits per heavy atom. The van der Waals surface area contributed by atoms with Crippen LogP contribution in [0, 0.1) is 6.92 Å². The van der Waals surface area contributed by atoms with Crippen LogP contribution in [0.2, 0.25) is 0 Å². The molecular formula is C18H15NO4. The molecule has 5 nitrogen and oxygen atoms in total. The number of carbonyl (C=O) groups is 3. The molecule has 0 fully saturated rings. The largest absolute Gasteiger partial charge is 0.481 e. The van der Waals surface area contributed by atoms with Crippen LogP contribution in [0.3, 0.4) is 0 Å². The molecule has 0 bridgehead atoms. The molecule has 0 saturated carbocycles. The molecule has 0 saturated heterocycles. The van der Waals surface area contributed by atoms with Crippen molar-refractivity contribution in [3.8, 4) is 0 Å². The summed E-state index contributed by atoms with van der Waals surface area (Å²) in [6, 6.07) is 12.9. The van der Waals surface area contributed by atoms with E-state index in [1.165, 1.54) is 0 Å². The smallest absolute Gasteiger partial charge is 0.305 e. The third-order valence-corrected chi connectivity index (χ3v) is 3.97. The number of benzene rings is 2. The van der Waals surface area contributed by atoms with E-state index in [1.54, 1.807) is 36.4 Å². The van der Waals surface area contributed by atoms with Crippen LogP contribution in [-0.4, -0.2) is 27.8 Å². The molecule has 3 rings (SSSR count). The zero-order valence-corrected chi connectivity index (χ0v) is 12.5. The highest BCUT2D eigenvalue weighted by Gasteiger charge is 2.41. The lowest BCUT2D eigenvalue weighted by Crippen LogP contribution is -2.35. The molecule has 1 atom stereocenters. The maximum Gasteiger partial charge on any atom is 0.305 e. The van der Waals surface area contributed by atoms with Gasteiger partial charge < -0.3 is 5.11 Å². The van der Waals surface area contributed by atoms with E-state index in [4.69, 9.17) is 0 Å². The van der Waals surface area contributed by atoms with Gasteiger partial charge in [0.25, 0.3) is 11.8 Å². The van der Waals surface area contributed by atoms with Crippen molar-refractivity contribution in [2.45, 2.75) is 19.4 Å². The first-order chi connectivity index (χ1) is 11.0. The summed E-state index contributed by atoms with van der Waals surface area (Å²) < 4.78 is 0. The van der Waals surface area contributed by atoms with Gasteiger partial charge in [0, 0.05) is 0 Å². The summed E-state index contributed by atoms with van der Waals surface area (Å²) >= 11 is 0. The molecule has 2 amide bonds. The van der Waals surface area contributed by atoms with Gasteiger partial charge in [-0.15, -0.1) is 0 Å². The van der Waals surface area contributed by atoms with Crippen molar-refractivity contribution in [3.05, 3.63) is 70.8 Å². The highest BCUT2D eigenvalue weighted by molar-refractivity contribution is 6.21. The van der Waals surface area contributed by atoms with Crippen LogP contribution in [0.1, 0.15) is 44.3 Å². The Balaban J connectivity index is 2.04. The molecule has 0 spiro atoms. The Labute approximate surface area is 133 Å². The van der Waals surface area contributed by atoms with Crippen molar-refractivity contribution in [3.63, 3.8) is 0 Å². The lowest BCUT2D eigenvalue weighted by molar-refractivity contribution is -0.138. The molecule has 1 N–H and O–H groups in total. The van der Waals surface area contributed by atoms with Crippen LogP contribution in [0.5, 0.6) is 0 Å². The molecule has 0 aromatic heterocycles. The Hall–Kier alpha value is -2.95. The molecule has 5 heteroatoms. The Morgan fingerprint density at radius 1 is 1.00 bits per heavy atom. The van der Waals surface area contributed by atoms with Crippen molar-refractivity contribution in [1.29, 1.82) is 0 Å². The number of nitrogens with zero attached hydrogens (tertiary/aromatic N) is 1. The van der Waals surface area contributed by atoms with E-state index in [0.29, 0.717) is 16.7 Å². The van der Waals surface area contributed by atoms with Crippen LogP contribution in [-0.2, 0) is 4.79 Å². The topological polar surface area (TPSA) is 74.7 Å². The van der Waals surface area contributed by atoms with Crippen LogP contribution < -0.4 is 0 Å². The van der Waals surface area contributed by atoms with Gasteiger partial charge in [0.1, 0.15) is 0 Å². The predicted molar refractivity (Wildman–Crippen MR) is 83.1 cm³/mol. The standard InChI is InChI=1S/C18H15NO4/c1-11-6-8-12(9-7-11)15(10-16(20)21)19-17(22)13-4-2-3-5-14(13)18(19)23/h2-9,15H,10H2,1H3,(H,20,21)/t15-/m1/s1. The van der Waals surface area contributed by atoms with E-state index in [9.17, 15) is 19.5 Å². The quantitative estimate of drug-likeness (QED) is 0.881.